The van der Waals surface area contributed by atoms with E-state index in [-0.39, 0.29) is 34.8 Å². The molecule has 59 heavy (non-hydrogen) atoms. The van der Waals surface area contributed by atoms with E-state index in [0.717, 1.165) is 88.1 Å². The molecule has 2 aliphatic rings. The van der Waals surface area contributed by atoms with Crippen molar-refractivity contribution in [1.82, 2.24) is 34.7 Å². The lowest BCUT2D eigenvalue weighted by molar-refractivity contribution is -0.122. The van der Waals surface area contributed by atoms with E-state index in [1.165, 1.54) is 6.92 Å². The Kier molecular flexibility index (Phi) is 13.2. The fourth-order valence-electron chi connectivity index (χ4n) is 7.93. The average Bonchev–Trinajstić information content (AvgIpc) is 3.76. The molecule has 5 heterocycles. The number of hydrogen-bond donors (Lipinski definition) is 4. The zero-order valence-electron chi connectivity index (χ0n) is 34.1. The second-order valence-electron chi connectivity index (χ2n) is 15.4. The Morgan fingerprint density at radius 2 is 1.56 bits per heavy atom. The number of benzene rings is 1. The van der Waals surface area contributed by atoms with E-state index >= 15 is 0 Å². The molecule has 0 unspecified atom stereocenters. The number of ketones is 1. The summed E-state index contributed by atoms with van der Waals surface area (Å²) >= 11 is 0. The number of carbonyl (C=O) groups excluding carboxylic acids is 3. The van der Waals surface area contributed by atoms with Gasteiger partial charge in [-0.25, -0.2) is 15.0 Å². The average molecular weight is 800 g/mol. The number of para-hydroxylation sites is 1. The second-order valence-corrected chi connectivity index (χ2v) is 15.4. The van der Waals surface area contributed by atoms with Gasteiger partial charge in [0.15, 0.2) is 5.78 Å². The molecular formula is C44H53N11O4. The van der Waals surface area contributed by atoms with Gasteiger partial charge in [0.25, 0.3) is 11.5 Å². The number of rotatable bonds is 16. The Hall–Kier alpha value is -6.22. The quantitative estimate of drug-likeness (QED) is 0.0674. The number of nitrogens with one attached hydrogen (secondary N) is 4. The fraction of sp³-hybridized carbons (Fsp3) is 0.409. The van der Waals surface area contributed by atoms with Crippen LogP contribution in [0.3, 0.4) is 0 Å². The number of fused-ring (bicyclic) bond motifs is 1. The maximum absolute atomic E-state index is 13.6. The summed E-state index contributed by atoms with van der Waals surface area (Å²) in [6, 6.07) is 15.0. The Bertz CT molecular complexity index is 2330. The Morgan fingerprint density at radius 3 is 2.29 bits per heavy atom. The minimum Gasteiger partial charge on any atom is -0.384 e. The molecule has 0 radical (unpaired) electrons. The molecule has 0 spiro atoms. The van der Waals surface area contributed by atoms with Crippen LogP contribution in [0.2, 0.25) is 0 Å². The van der Waals surface area contributed by atoms with Gasteiger partial charge in [-0.15, -0.1) is 0 Å². The van der Waals surface area contributed by atoms with Gasteiger partial charge in [-0.3, -0.25) is 28.6 Å². The number of aryl methyl sites for hydroxylation is 2. The summed E-state index contributed by atoms with van der Waals surface area (Å²) in [7, 11) is 0. The number of piperazine rings is 1. The molecule has 2 amide bonds. The van der Waals surface area contributed by atoms with Crippen molar-refractivity contribution in [3.63, 3.8) is 0 Å². The molecule has 2 fully saturated rings. The number of hydrogen-bond acceptors (Lipinski definition) is 12. The molecule has 0 atom stereocenters. The van der Waals surface area contributed by atoms with E-state index in [1.54, 1.807) is 36.0 Å². The molecule has 4 aromatic heterocycles. The van der Waals surface area contributed by atoms with Crippen molar-refractivity contribution < 1.29 is 14.4 Å². The van der Waals surface area contributed by atoms with Crippen molar-refractivity contribution in [3.8, 4) is 0 Å². The van der Waals surface area contributed by atoms with Crippen LogP contribution in [0.5, 0.6) is 0 Å². The molecule has 5 aromatic rings. The molecular weight excluding hydrogens is 747 g/mol. The summed E-state index contributed by atoms with van der Waals surface area (Å²) in [5.74, 6) is 0.999. The SMILES string of the molecule is CC(=O)c1c(C)c2cnc(Nc3ccc(N4CCN(CC(=O)NCCCCCNc5ccccc5C(=O)Nc5ccc(C)cn5)CC4)cn3)nc2n(C2CCCC2)c1=O. The standard InChI is InChI=1S/C44H53N11O4/c1-29-15-17-37(47-25-29)50-42(58)34-13-7-8-14-36(34)45-19-9-4-10-20-46-39(57)28-53-21-23-54(24-22-53)33-16-18-38(48-26-33)51-44-49-27-35-30(2)40(31(3)56)43(59)55(41(35)52-44)32-11-5-6-12-32/h7-8,13-18,25-27,32,45H,4-6,9-12,19-24,28H2,1-3H3,(H,46,57)(H,47,50,58)(H,48,49,51,52). The number of carbonyl (C=O) groups is 3. The summed E-state index contributed by atoms with van der Waals surface area (Å²) in [5.41, 5.74) is 4.43. The van der Waals surface area contributed by atoms with Gasteiger partial charge in [-0.05, 0) is 94.3 Å². The van der Waals surface area contributed by atoms with Crippen LogP contribution in [-0.2, 0) is 4.79 Å². The maximum Gasteiger partial charge on any atom is 0.263 e. The van der Waals surface area contributed by atoms with Crippen LogP contribution in [0.4, 0.5) is 29.0 Å². The van der Waals surface area contributed by atoms with Crippen molar-refractivity contribution in [2.24, 2.45) is 0 Å². The van der Waals surface area contributed by atoms with E-state index in [1.807, 2.05) is 49.5 Å². The van der Waals surface area contributed by atoms with E-state index in [4.69, 9.17) is 4.98 Å². The second kappa shape index (κ2) is 19.0. The minimum atomic E-state index is -0.279. The zero-order chi connectivity index (χ0) is 41.3. The minimum absolute atomic E-state index is 0.00553. The zero-order valence-corrected chi connectivity index (χ0v) is 34.1. The Labute approximate surface area is 344 Å². The van der Waals surface area contributed by atoms with Crippen molar-refractivity contribution in [2.75, 3.05) is 66.7 Å². The first-order chi connectivity index (χ1) is 28.6. The lowest BCUT2D eigenvalue weighted by atomic mass is 10.0. The van der Waals surface area contributed by atoms with Crippen LogP contribution >= 0.6 is 0 Å². The highest BCUT2D eigenvalue weighted by Crippen LogP contribution is 2.32. The van der Waals surface area contributed by atoms with E-state index in [2.05, 4.69) is 46.0 Å². The number of Topliss-reactive ketones (excluding diaryl/α,β-unsaturated/α-hetero) is 1. The Morgan fingerprint density at radius 1 is 0.814 bits per heavy atom. The van der Waals surface area contributed by atoms with Crippen LogP contribution < -0.4 is 31.7 Å². The smallest absolute Gasteiger partial charge is 0.263 e. The highest BCUT2D eigenvalue weighted by molar-refractivity contribution is 6.07. The first kappa shape index (κ1) is 41.0. The maximum atomic E-state index is 13.6. The van der Waals surface area contributed by atoms with Gasteiger partial charge < -0.3 is 26.2 Å². The number of anilines is 5. The number of unbranched alkanes of at least 4 members (excludes halogenated alkanes) is 2. The van der Waals surface area contributed by atoms with Gasteiger partial charge >= 0.3 is 0 Å². The molecule has 1 aliphatic carbocycles. The van der Waals surface area contributed by atoms with Gasteiger partial charge in [-0.2, -0.15) is 4.98 Å². The summed E-state index contributed by atoms with van der Waals surface area (Å²) in [6.07, 6.45) is 11.8. The van der Waals surface area contributed by atoms with Crippen LogP contribution in [0, 0.1) is 13.8 Å². The lowest BCUT2D eigenvalue weighted by Crippen LogP contribution is -2.49. The Balaban J connectivity index is 0.819. The van der Waals surface area contributed by atoms with Crippen LogP contribution in [0.1, 0.15) is 89.8 Å². The largest absolute Gasteiger partial charge is 0.384 e. The fourth-order valence-corrected chi connectivity index (χ4v) is 7.93. The van der Waals surface area contributed by atoms with E-state index in [9.17, 15) is 19.2 Å². The third-order valence-electron chi connectivity index (χ3n) is 11.2. The summed E-state index contributed by atoms with van der Waals surface area (Å²) < 4.78 is 1.71. The number of nitrogens with zero attached hydrogens (tertiary/aromatic N) is 7. The molecule has 0 bridgehead atoms. The number of aromatic nitrogens is 5. The van der Waals surface area contributed by atoms with Gasteiger partial charge in [0.2, 0.25) is 11.9 Å². The molecule has 15 nitrogen and oxygen atoms in total. The molecule has 7 rings (SSSR count). The first-order valence-electron chi connectivity index (χ1n) is 20.6. The van der Waals surface area contributed by atoms with Gasteiger partial charge in [-0.1, -0.05) is 31.0 Å². The molecule has 1 saturated carbocycles. The molecule has 4 N–H and O–H groups in total. The van der Waals surface area contributed by atoms with Crippen molar-refractivity contribution in [1.29, 1.82) is 0 Å². The molecule has 1 aromatic carbocycles. The topological polar surface area (TPSA) is 179 Å². The third-order valence-corrected chi connectivity index (χ3v) is 11.2. The summed E-state index contributed by atoms with van der Waals surface area (Å²) in [5, 5.41) is 13.2. The summed E-state index contributed by atoms with van der Waals surface area (Å²) in [4.78, 5) is 74.2. The van der Waals surface area contributed by atoms with Crippen molar-refractivity contribution in [3.05, 3.63) is 99.7 Å². The van der Waals surface area contributed by atoms with Gasteiger partial charge in [0.1, 0.15) is 17.3 Å². The monoisotopic (exact) mass is 799 g/mol. The molecule has 1 saturated heterocycles. The van der Waals surface area contributed by atoms with Crippen molar-refractivity contribution in [2.45, 2.75) is 71.8 Å². The molecule has 15 heteroatoms. The predicted octanol–water partition coefficient (Wildman–Crippen LogP) is 6.03. The highest BCUT2D eigenvalue weighted by Gasteiger charge is 2.26. The number of pyridine rings is 3. The molecule has 308 valence electrons. The van der Waals surface area contributed by atoms with E-state index in [0.29, 0.717) is 59.4 Å². The van der Waals surface area contributed by atoms with Crippen LogP contribution in [0.15, 0.2) is 71.9 Å². The van der Waals surface area contributed by atoms with Crippen LogP contribution in [-0.4, -0.2) is 92.8 Å². The highest BCUT2D eigenvalue weighted by atomic mass is 16.2. The summed E-state index contributed by atoms with van der Waals surface area (Å²) in [6.45, 7) is 9.95. The van der Waals surface area contributed by atoms with E-state index < -0.39 is 0 Å². The van der Waals surface area contributed by atoms with Crippen molar-refractivity contribution >= 4 is 57.6 Å². The predicted molar refractivity (Wildman–Crippen MR) is 231 cm³/mol. The van der Waals surface area contributed by atoms with Crippen LogP contribution in [0.25, 0.3) is 11.0 Å². The lowest BCUT2D eigenvalue weighted by Gasteiger charge is -2.35. The number of amides is 2. The molecule has 1 aliphatic heterocycles. The first-order valence-corrected chi connectivity index (χ1v) is 20.6. The van der Waals surface area contributed by atoms with Gasteiger partial charge in [0.05, 0.1) is 29.6 Å². The normalized spacial score (nSPS) is 14.7. The third kappa shape index (κ3) is 10.1. The van der Waals surface area contributed by atoms with Gasteiger partial charge in [0, 0.05) is 68.8 Å².